The van der Waals surface area contributed by atoms with Crippen molar-refractivity contribution in [2.24, 2.45) is 0 Å². The molecule has 29 heavy (non-hydrogen) atoms. The van der Waals surface area contributed by atoms with E-state index in [1.54, 1.807) is 17.5 Å². The predicted molar refractivity (Wildman–Crippen MR) is 116 cm³/mol. The van der Waals surface area contributed by atoms with Crippen LogP contribution in [-0.2, 0) is 0 Å². The molecular weight excluding hydrogens is 382 g/mol. The first-order chi connectivity index (χ1) is 14.2. The third kappa shape index (κ3) is 3.88. The second-order valence-corrected chi connectivity index (χ2v) is 8.34. The number of anilines is 4. The lowest BCUT2D eigenvalue weighted by atomic mass is 10.1. The fourth-order valence-corrected chi connectivity index (χ4v) is 4.55. The van der Waals surface area contributed by atoms with Crippen LogP contribution in [0.15, 0.2) is 42.9 Å². The number of rotatable bonds is 5. The molecule has 7 nitrogen and oxygen atoms in total. The molecule has 0 bridgehead atoms. The molecule has 146 valence electrons. The molecule has 8 heteroatoms. The third-order valence-corrected chi connectivity index (χ3v) is 6.24. The first-order valence-electron chi connectivity index (χ1n) is 9.79. The summed E-state index contributed by atoms with van der Waals surface area (Å²) in [5.74, 6) is 1.31. The second kappa shape index (κ2) is 7.71. The molecule has 4 heterocycles. The highest BCUT2D eigenvalue weighted by molar-refractivity contribution is 7.15. The van der Waals surface area contributed by atoms with Crippen molar-refractivity contribution in [3.63, 3.8) is 0 Å². The molecule has 0 atom stereocenters. The second-order valence-electron chi connectivity index (χ2n) is 7.33. The zero-order valence-electron chi connectivity index (χ0n) is 16.1. The van der Waals surface area contributed by atoms with Crippen LogP contribution in [-0.4, -0.2) is 25.1 Å². The third-order valence-electron chi connectivity index (χ3n) is 5.24. The average Bonchev–Trinajstić information content (AvgIpc) is 3.41. The van der Waals surface area contributed by atoms with Crippen molar-refractivity contribution in [1.82, 2.24) is 25.1 Å². The molecule has 1 aliphatic rings. The summed E-state index contributed by atoms with van der Waals surface area (Å²) in [6.07, 6.45) is 10.4. The van der Waals surface area contributed by atoms with Crippen LogP contribution in [0.25, 0.3) is 11.0 Å². The summed E-state index contributed by atoms with van der Waals surface area (Å²) in [6.45, 7) is 2.04. The topological polar surface area (TPSA) is 88.5 Å². The quantitative estimate of drug-likeness (QED) is 0.465. The normalized spacial score (nSPS) is 14.4. The van der Waals surface area contributed by atoms with E-state index in [4.69, 9.17) is 4.98 Å². The molecule has 2 N–H and O–H groups in total. The summed E-state index contributed by atoms with van der Waals surface area (Å²) in [4.78, 5) is 13.4. The number of aryl methyl sites for hydroxylation is 1. The molecule has 1 saturated carbocycles. The van der Waals surface area contributed by atoms with Gasteiger partial charge in [-0.15, -0.1) is 10.2 Å². The number of hydrogen-bond donors (Lipinski definition) is 2. The van der Waals surface area contributed by atoms with E-state index >= 15 is 0 Å². The minimum Gasteiger partial charge on any atom is -0.353 e. The van der Waals surface area contributed by atoms with Gasteiger partial charge in [0.15, 0.2) is 0 Å². The number of nitrogens with zero attached hydrogens (tertiary/aromatic N) is 5. The molecule has 0 aromatic carbocycles. The van der Waals surface area contributed by atoms with Gasteiger partial charge in [0.1, 0.15) is 10.8 Å². The van der Waals surface area contributed by atoms with Gasteiger partial charge in [-0.05, 0) is 49.6 Å². The van der Waals surface area contributed by atoms with Crippen molar-refractivity contribution >= 4 is 44.7 Å². The van der Waals surface area contributed by atoms with E-state index in [2.05, 4.69) is 30.8 Å². The molecule has 4 aromatic rings. The summed E-state index contributed by atoms with van der Waals surface area (Å²) in [5.41, 5.74) is 4.60. The van der Waals surface area contributed by atoms with E-state index in [9.17, 15) is 0 Å². The highest BCUT2D eigenvalue weighted by atomic mass is 32.1. The minimum absolute atomic E-state index is 0.571. The van der Waals surface area contributed by atoms with Crippen LogP contribution in [0.2, 0.25) is 0 Å². The van der Waals surface area contributed by atoms with Gasteiger partial charge in [-0.1, -0.05) is 24.2 Å². The minimum atomic E-state index is 0.571. The maximum Gasteiger partial charge on any atom is 0.211 e. The fourth-order valence-electron chi connectivity index (χ4n) is 3.63. The molecule has 0 saturated heterocycles. The van der Waals surface area contributed by atoms with Crippen molar-refractivity contribution in [3.05, 3.63) is 53.4 Å². The molecule has 4 aromatic heterocycles. The lowest BCUT2D eigenvalue weighted by Gasteiger charge is -2.09. The van der Waals surface area contributed by atoms with Gasteiger partial charge in [-0.2, -0.15) is 0 Å². The maximum absolute atomic E-state index is 4.71. The summed E-state index contributed by atoms with van der Waals surface area (Å²) in [5, 5.41) is 17.2. The van der Waals surface area contributed by atoms with Gasteiger partial charge in [0, 0.05) is 12.1 Å². The van der Waals surface area contributed by atoms with Gasteiger partial charge < -0.3 is 10.6 Å². The molecule has 1 fully saturated rings. The Balaban J connectivity index is 1.37. The molecule has 0 amide bonds. The summed E-state index contributed by atoms with van der Waals surface area (Å²) in [7, 11) is 0. The number of hydrogen-bond acceptors (Lipinski definition) is 8. The van der Waals surface area contributed by atoms with Crippen molar-refractivity contribution < 1.29 is 0 Å². The van der Waals surface area contributed by atoms with Crippen LogP contribution in [0, 0.1) is 6.92 Å². The lowest BCUT2D eigenvalue weighted by molar-refractivity contribution is 0.705. The van der Waals surface area contributed by atoms with Gasteiger partial charge in [-0.25, -0.2) is 4.98 Å². The number of pyridine rings is 3. The zero-order chi connectivity index (χ0) is 19.6. The van der Waals surface area contributed by atoms with Crippen LogP contribution in [0.1, 0.15) is 42.2 Å². The molecule has 5 rings (SSSR count). The van der Waals surface area contributed by atoms with Gasteiger partial charge in [0.25, 0.3) is 0 Å². The van der Waals surface area contributed by atoms with Crippen molar-refractivity contribution in [1.29, 1.82) is 0 Å². The Morgan fingerprint density at radius 2 is 1.90 bits per heavy atom. The highest BCUT2D eigenvalue weighted by Gasteiger charge is 2.21. The maximum atomic E-state index is 4.71. The molecule has 1 aliphatic carbocycles. The smallest absolute Gasteiger partial charge is 0.211 e. The van der Waals surface area contributed by atoms with Crippen LogP contribution in [0.4, 0.5) is 22.3 Å². The summed E-state index contributed by atoms with van der Waals surface area (Å²) >= 11 is 1.63. The Bertz CT molecular complexity index is 1150. The van der Waals surface area contributed by atoms with Gasteiger partial charge >= 0.3 is 0 Å². The van der Waals surface area contributed by atoms with Crippen LogP contribution < -0.4 is 10.6 Å². The van der Waals surface area contributed by atoms with E-state index in [1.807, 2.05) is 43.6 Å². The number of nitrogens with one attached hydrogen (secondary N) is 2. The van der Waals surface area contributed by atoms with Gasteiger partial charge in [0.2, 0.25) is 5.13 Å². The van der Waals surface area contributed by atoms with Crippen LogP contribution in [0.3, 0.4) is 0 Å². The van der Waals surface area contributed by atoms with Crippen molar-refractivity contribution in [3.8, 4) is 0 Å². The molecule has 0 aliphatic heterocycles. The van der Waals surface area contributed by atoms with Gasteiger partial charge in [0.05, 0.1) is 34.8 Å². The van der Waals surface area contributed by atoms with E-state index in [0.717, 1.165) is 43.9 Å². The highest BCUT2D eigenvalue weighted by Crippen LogP contribution is 2.37. The van der Waals surface area contributed by atoms with Crippen LogP contribution >= 0.6 is 11.3 Å². The first kappa shape index (κ1) is 17.9. The first-order valence-corrected chi connectivity index (χ1v) is 10.6. The molecular formula is C21H21N7S. The van der Waals surface area contributed by atoms with Crippen LogP contribution in [0.5, 0.6) is 0 Å². The van der Waals surface area contributed by atoms with E-state index in [1.165, 1.54) is 25.7 Å². The monoisotopic (exact) mass is 403 g/mol. The average molecular weight is 404 g/mol. The Hall–Kier alpha value is -3.13. The molecule has 0 radical (unpaired) electrons. The summed E-state index contributed by atoms with van der Waals surface area (Å²) < 4.78 is 0. The lowest BCUT2D eigenvalue weighted by Crippen LogP contribution is -1.97. The van der Waals surface area contributed by atoms with Gasteiger partial charge in [-0.3, -0.25) is 9.97 Å². The Morgan fingerprint density at radius 3 is 2.76 bits per heavy atom. The fraction of sp³-hybridized carbons (Fsp3) is 0.286. The zero-order valence-corrected chi connectivity index (χ0v) is 16.9. The van der Waals surface area contributed by atoms with E-state index in [-0.39, 0.29) is 0 Å². The standard InChI is InChI=1S/C21H21N7S/c1-13-8-9-22-12-18(13)24-15-10-17-16(23-11-15)6-7-19(25-17)26-21-28-27-20(29-21)14-4-2-3-5-14/h6-12,14,24H,2-5H2,1H3,(H,25,26,28). The van der Waals surface area contributed by atoms with E-state index in [0.29, 0.717) is 5.92 Å². The SMILES string of the molecule is Cc1ccncc1Nc1cnc2ccc(Nc3nnc(C4CCCC4)s3)nc2c1. The summed E-state index contributed by atoms with van der Waals surface area (Å²) in [6, 6.07) is 7.84. The Morgan fingerprint density at radius 1 is 1.00 bits per heavy atom. The number of aromatic nitrogens is 5. The largest absolute Gasteiger partial charge is 0.353 e. The number of fused-ring (bicyclic) bond motifs is 1. The van der Waals surface area contributed by atoms with Crippen molar-refractivity contribution in [2.75, 3.05) is 10.6 Å². The van der Waals surface area contributed by atoms with E-state index < -0.39 is 0 Å². The predicted octanol–water partition coefficient (Wildman–Crippen LogP) is 5.33. The Kier molecular flexibility index (Phi) is 4.77. The molecule has 0 unspecified atom stereocenters. The Labute approximate surface area is 172 Å². The van der Waals surface area contributed by atoms with Crippen molar-refractivity contribution in [2.45, 2.75) is 38.5 Å². The molecule has 0 spiro atoms.